The van der Waals surface area contributed by atoms with Crippen molar-refractivity contribution in [2.24, 2.45) is 5.92 Å². The number of piperidine rings is 1. The van der Waals surface area contributed by atoms with Gasteiger partial charge < -0.3 is 10.2 Å². The van der Waals surface area contributed by atoms with Crippen LogP contribution in [0, 0.1) is 18.7 Å². The fourth-order valence-electron chi connectivity index (χ4n) is 2.35. The molecule has 0 saturated carbocycles. The predicted molar refractivity (Wildman–Crippen MR) is 69.8 cm³/mol. The number of likely N-dealkylation sites (tertiary alicyclic amines) is 1. The lowest BCUT2D eigenvalue weighted by molar-refractivity contribution is 0.226. The van der Waals surface area contributed by atoms with Crippen molar-refractivity contribution in [2.75, 3.05) is 32.0 Å². The van der Waals surface area contributed by atoms with Crippen molar-refractivity contribution in [3.05, 3.63) is 29.6 Å². The minimum absolute atomic E-state index is 0.160. The molecule has 1 fully saturated rings. The zero-order valence-electron chi connectivity index (χ0n) is 10.7. The molecule has 0 amide bonds. The van der Waals surface area contributed by atoms with E-state index in [2.05, 4.69) is 17.3 Å². The first kappa shape index (κ1) is 12.4. The number of nitrogens with zero attached hydrogens (tertiary/aromatic N) is 1. The molecule has 0 aromatic heterocycles. The van der Waals surface area contributed by atoms with Crippen LogP contribution in [0.25, 0.3) is 0 Å². The van der Waals surface area contributed by atoms with E-state index in [1.54, 1.807) is 6.07 Å². The molecule has 2 rings (SSSR count). The molecule has 94 valence electrons. The van der Waals surface area contributed by atoms with Gasteiger partial charge in [0.2, 0.25) is 0 Å². The Hall–Kier alpha value is -1.09. The first-order valence-electron chi connectivity index (χ1n) is 6.33. The standard InChI is InChI=1S/C14H21FN2/c1-11-9-13(15)3-4-14(11)16-10-12-5-7-17(2)8-6-12/h3-4,9,12,16H,5-8,10H2,1-2H3. The van der Waals surface area contributed by atoms with Crippen LogP contribution >= 0.6 is 0 Å². The monoisotopic (exact) mass is 236 g/mol. The van der Waals surface area contributed by atoms with Gasteiger partial charge in [-0.15, -0.1) is 0 Å². The van der Waals surface area contributed by atoms with Gasteiger partial charge in [-0.2, -0.15) is 0 Å². The third-order valence-corrected chi connectivity index (χ3v) is 3.61. The van der Waals surface area contributed by atoms with Gasteiger partial charge in [0, 0.05) is 12.2 Å². The van der Waals surface area contributed by atoms with Crippen LogP contribution in [0.5, 0.6) is 0 Å². The van der Waals surface area contributed by atoms with Gasteiger partial charge >= 0.3 is 0 Å². The van der Waals surface area contributed by atoms with Crippen LogP contribution in [-0.4, -0.2) is 31.6 Å². The third kappa shape index (κ3) is 3.43. The van der Waals surface area contributed by atoms with E-state index in [-0.39, 0.29) is 5.82 Å². The quantitative estimate of drug-likeness (QED) is 0.868. The van der Waals surface area contributed by atoms with Crippen molar-refractivity contribution in [1.82, 2.24) is 4.90 Å². The minimum Gasteiger partial charge on any atom is -0.385 e. The van der Waals surface area contributed by atoms with Crippen molar-refractivity contribution < 1.29 is 4.39 Å². The number of aryl methyl sites for hydroxylation is 1. The fourth-order valence-corrected chi connectivity index (χ4v) is 2.35. The molecule has 1 aliphatic rings. The Balaban J connectivity index is 1.85. The highest BCUT2D eigenvalue weighted by molar-refractivity contribution is 5.50. The van der Waals surface area contributed by atoms with E-state index in [1.165, 1.54) is 32.0 Å². The van der Waals surface area contributed by atoms with Crippen LogP contribution < -0.4 is 5.32 Å². The predicted octanol–water partition coefficient (Wildman–Crippen LogP) is 2.89. The molecule has 0 bridgehead atoms. The molecule has 1 aliphatic heterocycles. The molecule has 1 heterocycles. The van der Waals surface area contributed by atoms with Crippen LogP contribution in [0.2, 0.25) is 0 Å². The Morgan fingerprint density at radius 2 is 2.06 bits per heavy atom. The maximum Gasteiger partial charge on any atom is 0.123 e. The zero-order valence-corrected chi connectivity index (χ0v) is 10.7. The van der Waals surface area contributed by atoms with E-state index in [9.17, 15) is 4.39 Å². The number of hydrogen-bond acceptors (Lipinski definition) is 2. The minimum atomic E-state index is -0.160. The van der Waals surface area contributed by atoms with Gasteiger partial charge in [0.1, 0.15) is 5.82 Å². The Bertz CT molecular complexity index is 370. The van der Waals surface area contributed by atoms with E-state index in [0.717, 1.165) is 23.7 Å². The van der Waals surface area contributed by atoms with E-state index in [1.807, 2.05) is 13.0 Å². The van der Waals surface area contributed by atoms with Crippen molar-refractivity contribution in [1.29, 1.82) is 0 Å². The van der Waals surface area contributed by atoms with Gasteiger partial charge in [-0.25, -0.2) is 4.39 Å². The molecule has 2 nitrogen and oxygen atoms in total. The van der Waals surface area contributed by atoms with Gasteiger partial charge in [0.15, 0.2) is 0 Å². The van der Waals surface area contributed by atoms with Crippen molar-refractivity contribution in [2.45, 2.75) is 19.8 Å². The SMILES string of the molecule is Cc1cc(F)ccc1NCC1CCN(C)CC1. The Morgan fingerprint density at radius 3 is 2.71 bits per heavy atom. The summed E-state index contributed by atoms with van der Waals surface area (Å²) in [7, 11) is 2.17. The van der Waals surface area contributed by atoms with Gasteiger partial charge in [0.05, 0.1) is 0 Å². The van der Waals surface area contributed by atoms with Crippen LogP contribution in [0.15, 0.2) is 18.2 Å². The summed E-state index contributed by atoms with van der Waals surface area (Å²) in [5.41, 5.74) is 2.04. The smallest absolute Gasteiger partial charge is 0.123 e. The molecule has 1 aromatic carbocycles. The molecule has 0 radical (unpaired) electrons. The summed E-state index contributed by atoms with van der Waals surface area (Å²) in [5, 5.41) is 3.44. The Labute approximate surface area is 103 Å². The van der Waals surface area contributed by atoms with E-state index >= 15 is 0 Å². The maximum absolute atomic E-state index is 13.0. The lowest BCUT2D eigenvalue weighted by atomic mass is 9.97. The third-order valence-electron chi connectivity index (χ3n) is 3.61. The number of benzene rings is 1. The molecular formula is C14H21FN2. The summed E-state index contributed by atoms with van der Waals surface area (Å²) < 4.78 is 13.0. The first-order chi connectivity index (χ1) is 8.15. The average Bonchev–Trinajstić information content (AvgIpc) is 2.30. The Kier molecular flexibility index (Phi) is 4.00. The largest absolute Gasteiger partial charge is 0.385 e. The van der Waals surface area contributed by atoms with Crippen LogP contribution in [0.4, 0.5) is 10.1 Å². The van der Waals surface area contributed by atoms with Crippen LogP contribution in [-0.2, 0) is 0 Å². The highest BCUT2D eigenvalue weighted by Gasteiger charge is 2.16. The van der Waals surface area contributed by atoms with Crippen molar-refractivity contribution in [3.8, 4) is 0 Å². The lowest BCUT2D eigenvalue weighted by Crippen LogP contribution is -2.33. The summed E-state index contributed by atoms with van der Waals surface area (Å²) in [6.45, 7) is 5.32. The number of hydrogen-bond donors (Lipinski definition) is 1. The normalized spacial score (nSPS) is 18.3. The molecule has 1 saturated heterocycles. The average molecular weight is 236 g/mol. The first-order valence-corrected chi connectivity index (χ1v) is 6.33. The summed E-state index contributed by atoms with van der Waals surface area (Å²) in [6, 6.07) is 4.93. The number of anilines is 1. The summed E-state index contributed by atoms with van der Waals surface area (Å²) in [6.07, 6.45) is 2.51. The topological polar surface area (TPSA) is 15.3 Å². The van der Waals surface area contributed by atoms with E-state index in [0.29, 0.717) is 0 Å². The molecule has 1 aromatic rings. The molecule has 0 spiro atoms. The zero-order chi connectivity index (χ0) is 12.3. The van der Waals surface area contributed by atoms with Crippen LogP contribution in [0.1, 0.15) is 18.4 Å². The fraction of sp³-hybridized carbons (Fsp3) is 0.571. The van der Waals surface area contributed by atoms with E-state index in [4.69, 9.17) is 0 Å². The number of rotatable bonds is 3. The molecular weight excluding hydrogens is 215 g/mol. The summed E-state index contributed by atoms with van der Waals surface area (Å²) in [4.78, 5) is 2.37. The second-order valence-corrected chi connectivity index (χ2v) is 5.09. The summed E-state index contributed by atoms with van der Waals surface area (Å²) >= 11 is 0. The van der Waals surface area contributed by atoms with Gasteiger partial charge in [-0.05, 0) is 69.6 Å². The molecule has 1 N–H and O–H groups in total. The van der Waals surface area contributed by atoms with Gasteiger partial charge in [-0.3, -0.25) is 0 Å². The lowest BCUT2D eigenvalue weighted by Gasteiger charge is -2.29. The second kappa shape index (κ2) is 5.50. The molecule has 0 aliphatic carbocycles. The highest BCUT2D eigenvalue weighted by Crippen LogP contribution is 2.19. The van der Waals surface area contributed by atoms with Crippen molar-refractivity contribution in [3.63, 3.8) is 0 Å². The second-order valence-electron chi connectivity index (χ2n) is 5.09. The van der Waals surface area contributed by atoms with Gasteiger partial charge in [0.25, 0.3) is 0 Å². The highest BCUT2D eigenvalue weighted by atomic mass is 19.1. The summed E-state index contributed by atoms with van der Waals surface area (Å²) in [5.74, 6) is 0.586. The van der Waals surface area contributed by atoms with E-state index < -0.39 is 0 Å². The number of nitrogens with one attached hydrogen (secondary N) is 1. The molecule has 17 heavy (non-hydrogen) atoms. The molecule has 0 unspecified atom stereocenters. The molecule has 3 heteroatoms. The number of halogens is 1. The Morgan fingerprint density at radius 1 is 1.35 bits per heavy atom. The maximum atomic E-state index is 13.0. The van der Waals surface area contributed by atoms with Crippen molar-refractivity contribution >= 4 is 5.69 Å². The molecule has 0 atom stereocenters. The van der Waals surface area contributed by atoms with Gasteiger partial charge in [-0.1, -0.05) is 0 Å². The van der Waals surface area contributed by atoms with Crippen LogP contribution in [0.3, 0.4) is 0 Å².